The predicted octanol–water partition coefficient (Wildman–Crippen LogP) is 5.35. The minimum atomic E-state index is -0.130. The molecule has 0 saturated carbocycles. The summed E-state index contributed by atoms with van der Waals surface area (Å²) in [7, 11) is 1.74. The zero-order chi connectivity index (χ0) is 21.0. The lowest BCUT2D eigenvalue weighted by Gasteiger charge is -2.23. The van der Waals surface area contributed by atoms with Crippen LogP contribution in [0.2, 0.25) is 0 Å². The van der Waals surface area contributed by atoms with Crippen LogP contribution in [-0.2, 0) is 4.74 Å². The second-order valence-electron chi connectivity index (χ2n) is 8.27. The number of benzene rings is 1. The highest BCUT2D eigenvalue weighted by atomic mass is 16.5. The Morgan fingerprint density at radius 3 is 2.55 bits per heavy atom. The normalized spacial score (nSPS) is 15.6. The van der Waals surface area contributed by atoms with Crippen molar-refractivity contribution in [2.45, 2.75) is 34.6 Å². The molecule has 5 heteroatoms. The van der Waals surface area contributed by atoms with Gasteiger partial charge in [0.2, 0.25) is 0 Å². The Kier molecular flexibility index (Phi) is 6.38. The van der Waals surface area contributed by atoms with E-state index < -0.39 is 0 Å². The molecule has 0 amide bonds. The third kappa shape index (κ3) is 4.85. The lowest BCUT2D eigenvalue weighted by molar-refractivity contribution is 0.205. The van der Waals surface area contributed by atoms with Crippen LogP contribution in [0, 0.1) is 12.3 Å². The number of anilines is 1. The summed E-state index contributed by atoms with van der Waals surface area (Å²) in [4.78, 5) is 11.9. The monoisotopic (exact) mass is 393 g/mol. The lowest BCUT2D eigenvalue weighted by Crippen LogP contribution is -2.26. The SMILES string of the molecule is CCN(CCOC)c1ccc(/C=C2\N=C(C(C)(C)C)N=C2c2ccco2)c(C)c1. The highest BCUT2D eigenvalue weighted by Crippen LogP contribution is 2.29. The summed E-state index contributed by atoms with van der Waals surface area (Å²) in [6, 6.07) is 10.3. The Morgan fingerprint density at radius 1 is 1.17 bits per heavy atom. The minimum Gasteiger partial charge on any atom is -0.463 e. The number of ether oxygens (including phenoxy) is 1. The number of allylic oxidation sites excluding steroid dienone is 1. The molecule has 2 heterocycles. The number of hydrogen-bond acceptors (Lipinski definition) is 5. The molecule has 1 aliphatic heterocycles. The molecule has 2 aromatic rings. The van der Waals surface area contributed by atoms with Crippen LogP contribution >= 0.6 is 0 Å². The molecule has 0 fully saturated rings. The van der Waals surface area contributed by atoms with E-state index in [2.05, 4.69) is 63.8 Å². The van der Waals surface area contributed by atoms with Crippen molar-refractivity contribution < 1.29 is 9.15 Å². The summed E-state index contributed by atoms with van der Waals surface area (Å²) in [5.74, 6) is 1.56. The first-order valence-corrected chi connectivity index (χ1v) is 10.1. The third-order valence-corrected chi connectivity index (χ3v) is 4.97. The van der Waals surface area contributed by atoms with E-state index in [4.69, 9.17) is 19.1 Å². The quantitative estimate of drug-likeness (QED) is 0.637. The fourth-order valence-corrected chi connectivity index (χ4v) is 3.22. The van der Waals surface area contributed by atoms with Crippen molar-refractivity contribution in [2.24, 2.45) is 15.4 Å². The summed E-state index contributed by atoms with van der Waals surface area (Å²) >= 11 is 0. The van der Waals surface area contributed by atoms with Gasteiger partial charge in [-0.05, 0) is 55.3 Å². The van der Waals surface area contributed by atoms with Crippen LogP contribution in [0.5, 0.6) is 0 Å². The zero-order valence-electron chi connectivity index (χ0n) is 18.3. The van der Waals surface area contributed by atoms with Crippen molar-refractivity contribution in [3.05, 3.63) is 59.2 Å². The van der Waals surface area contributed by atoms with Gasteiger partial charge >= 0.3 is 0 Å². The van der Waals surface area contributed by atoms with E-state index in [0.717, 1.165) is 41.7 Å². The first kappa shape index (κ1) is 21.1. The molecular weight excluding hydrogens is 362 g/mol. The van der Waals surface area contributed by atoms with Crippen molar-refractivity contribution in [1.82, 2.24) is 0 Å². The molecule has 1 aromatic carbocycles. The van der Waals surface area contributed by atoms with Crippen molar-refractivity contribution in [3.8, 4) is 0 Å². The van der Waals surface area contributed by atoms with Gasteiger partial charge in [-0.1, -0.05) is 26.8 Å². The molecule has 0 atom stereocenters. The van der Waals surface area contributed by atoms with Gasteiger partial charge in [0.1, 0.15) is 11.5 Å². The maximum atomic E-state index is 5.62. The van der Waals surface area contributed by atoms with Crippen molar-refractivity contribution in [1.29, 1.82) is 0 Å². The highest BCUT2D eigenvalue weighted by molar-refractivity contribution is 6.22. The van der Waals surface area contributed by atoms with Gasteiger partial charge in [0.25, 0.3) is 0 Å². The number of aliphatic imine (C=N–C) groups is 2. The molecule has 0 unspecified atom stereocenters. The van der Waals surface area contributed by atoms with Crippen LogP contribution in [0.4, 0.5) is 5.69 Å². The zero-order valence-corrected chi connectivity index (χ0v) is 18.3. The van der Waals surface area contributed by atoms with Gasteiger partial charge in [0.15, 0.2) is 5.76 Å². The van der Waals surface area contributed by atoms with Gasteiger partial charge in [0, 0.05) is 31.3 Å². The van der Waals surface area contributed by atoms with E-state index in [0.29, 0.717) is 6.61 Å². The Balaban J connectivity index is 1.95. The largest absolute Gasteiger partial charge is 0.463 e. The number of methoxy groups -OCH3 is 1. The van der Waals surface area contributed by atoms with Gasteiger partial charge < -0.3 is 14.1 Å². The first-order chi connectivity index (χ1) is 13.8. The first-order valence-electron chi connectivity index (χ1n) is 10.1. The van der Waals surface area contributed by atoms with Crippen LogP contribution < -0.4 is 4.90 Å². The third-order valence-electron chi connectivity index (χ3n) is 4.97. The van der Waals surface area contributed by atoms with Crippen LogP contribution in [0.15, 0.2) is 56.7 Å². The summed E-state index contributed by atoms with van der Waals surface area (Å²) in [5.41, 5.74) is 5.03. The van der Waals surface area contributed by atoms with Crippen molar-refractivity contribution in [3.63, 3.8) is 0 Å². The molecule has 154 valence electrons. The second-order valence-corrected chi connectivity index (χ2v) is 8.27. The number of hydrogen-bond donors (Lipinski definition) is 0. The van der Waals surface area contributed by atoms with E-state index in [1.165, 1.54) is 11.3 Å². The van der Waals surface area contributed by atoms with Gasteiger partial charge in [-0.2, -0.15) is 0 Å². The second kappa shape index (κ2) is 8.78. The fraction of sp³-hybridized carbons (Fsp3) is 0.417. The number of amidine groups is 1. The minimum absolute atomic E-state index is 0.130. The summed E-state index contributed by atoms with van der Waals surface area (Å²) in [6.45, 7) is 13.2. The van der Waals surface area contributed by atoms with Crippen LogP contribution in [0.1, 0.15) is 44.6 Å². The molecule has 29 heavy (non-hydrogen) atoms. The van der Waals surface area contributed by atoms with Gasteiger partial charge in [-0.25, -0.2) is 9.98 Å². The summed E-state index contributed by atoms with van der Waals surface area (Å²) in [5, 5.41) is 0. The van der Waals surface area contributed by atoms with Crippen LogP contribution in [-0.4, -0.2) is 38.4 Å². The Labute approximate surface area is 173 Å². The summed E-state index contributed by atoms with van der Waals surface area (Å²) in [6.07, 6.45) is 3.77. The smallest absolute Gasteiger partial charge is 0.154 e. The molecule has 0 aliphatic carbocycles. The maximum absolute atomic E-state index is 5.62. The van der Waals surface area contributed by atoms with E-state index in [9.17, 15) is 0 Å². The van der Waals surface area contributed by atoms with Gasteiger partial charge in [-0.15, -0.1) is 0 Å². The van der Waals surface area contributed by atoms with Crippen LogP contribution in [0.3, 0.4) is 0 Å². The van der Waals surface area contributed by atoms with E-state index in [-0.39, 0.29) is 5.41 Å². The van der Waals surface area contributed by atoms with Crippen molar-refractivity contribution >= 4 is 23.3 Å². The van der Waals surface area contributed by atoms with Gasteiger partial charge in [0.05, 0.1) is 18.6 Å². The average molecular weight is 394 g/mol. The maximum Gasteiger partial charge on any atom is 0.154 e. The molecule has 0 N–H and O–H groups in total. The molecule has 0 bridgehead atoms. The molecule has 0 saturated heterocycles. The number of furan rings is 1. The molecule has 1 aromatic heterocycles. The van der Waals surface area contributed by atoms with E-state index >= 15 is 0 Å². The average Bonchev–Trinajstić information content (AvgIpc) is 3.33. The molecule has 1 aliphatic rings. The standard InChI is InChI=1S/C24H31N3O2/c1-7-27(12-14-28-6)19-11-10-18(17(2)15-19)16-20-22(21-9-8-13-29-21)26-23(25-20)24(3,4)5/h8-11,13,15-16H,7,12,14H2,1-6H3/b20-16-. The fourth-order valence-electron chi connectivity index (χ4n) is 3.22. The van der Waals surface area contributed by atoms with Crippen molar-refractivity contribution in [2.75, 3.05) is 31.7 Å². The molecule has 3 rings (SSSR count). The number of likely N-dealkylation sites (N-methyl/N-ethyl adjacent to an activating group) is 1. The lowest BCUT2D eigenvalue weighted by atomic mass is 9.95. The number of rotatable bonds is 7. The van der Waals surface area contributed by atoms with Gasteiger partial charge in [-0.3, -0.25) is 0 Å². The highest BCUT2D eigenvalue weighted by Gasteiger charge is 2.28. The molecule has 0 spiro atoms. The number of nitrogens with zero attached hydrogens (tertiary/aromatic N) is 3. The van der Waals surface area contributed by atoms with Crippen LogP contribution in [0.25, 0.3) is 6.08 Å². The van der Waals surface area contributed by atoms with E-state index in [1.54, 1.807) is 13.4 Å². The Morgan fingerprint density at radius 2 is 1.97 bits per heavy atom. The Hall–Kier alpha value is -2.66. The molecule has 0 radical (unpaired) electrons. The number of aryl methyl sites for hydroxylation is 1. The molecule has 5 nitrogen and oxygen atoms in total. The predicted molar refractivity (Wildman–Crippen MR) is 121 cm³/mol. The summed E-state index contributed by atoms with van der Waals surface area (Å²) < 4.78 is 10.9. The molecular formula is C24H31N3O2. The topological polar surface area (TPSA) is 50.3 Å². The Bertz CT molecular complexity index is 932. The van der Waals surface area contributed by atoms with E-state index in [1.807, 2.05) is 12.1 Å².